The average molecular weight is 524 g/mol. The quantitative estimate of drug-likeness (QED) is 0.255. The molecule has 39 heavy (non-hydrogen) atoms. The summed E-state index contributed by atoms with van der Waals surface area (Å²) in [5.41, 5.74) is 9.71. The van der Waals surface area contributed by atoms with E-state index >= 15 is 0 Å². The van der Waals surface area contributed by atoms with Crippen LogP contribution in [0, 0.1) is 11.3 Å². The lowest BCUT2D eigenvalue weighted by Crippen LogP contribution is -2.47. The molecule has 2 aromatic carbocycles. The molecule has 2 bridgehead atoms. The lowest BCUT2D eigenvalue weighted by Gasteiger charge is -2.33. The Morgan fingerprint density at radius 2 is 1.87 bits per heavy atom. The number of hydrogen-bond acceptors (Lipinski definition) is 7. The highest BCUT2D eigenvalue weighted by Crippen LogP contribution is 2.39. The number of rotatable bonds is 8. The maximum atomic E-state index is 12.9. The highest BCUT2D eigenvalue weighted by molar-refractivity contribution is 6.16. The van der Waals surface area contributed by atoms with E-state index in [1.807, 2.05) is 29.2 Å². The van der Waals surface area contributed by atoms with Gasteiger partial charge in [-0.05, 0) is 60.6 Å². The number of amides is 2. The minimum absolute atomic E-state index is 0.00577. The number of aromatic nitrogens is 2. The van der Waals surface area contributed by atoms with Crippen LogP contribution in [-0.2, 0) is 4.79 Å². The number of nitrogens with zero attached hydrogens (tertiary/aromatic N) is 3. The lowest BCUT2D eigenvalue weighted by atomic mass is 10.00. The van der Waals surface area contributed by atoms with Crippen molar-refractivity contribution in [3.05, 3.63) is 89.8 Å². The highest BCUT2D eigenvalue weighted by Gasteiger charge is 2.46. The molecule has 2 aliphatic rings. The van der Waals surface area contributed by atoms with Crippen molar-refractivity contribution >= 4 is 34.8 Å². The summed E-state index contributed by atoms with van der Waals surface area (Å²) in [6.07, 6.45) is 4.56. The first kappa shape index (κ1) is 26.1. The molecule has 2 heterocycles. The van der Waals surface area contributed by atoms with Gasteiger partial charge in [0.15, 0.2) is 0 Å². The highest BCUT2D eigenvalue weighted by atomic mass is 16.2. The van der Waals surface area contributed by atoms with E-state index < -0.39 is 0 Å². The van der Waals surface area contributed by atoms with E-state index in [-0.39, 0.29) is 35.4 Å². The first-order valence-electron chi connectivity index (χ1n) is 13.2. The Labute approximate surface area is 228 Å². The van der Waals surface area contributed by atoms with Crippen LogP contribution in [0.15, 0.2) is 67.5 Å². The van der Waals surface area contributed by atoms with Crippen LogP contribution < -0.4 is 16.4 Å². The zero-order chi connectivity index (χ0) is 27.7. The molecular weight excluding hydrogens is 490 g/mol. The summed E-state index contributed by atoms with van der Waals surface area (Å²) in [5.74, 6) is 1.13. The molecule has 1 aliphatic carbocycles. The third-order valence-corrected chi connectivity index (χ3v) is 7.64. The molecule has 3 atom stereocenters. The van der Waals surface area contributed by atoms with Gasteiger partial charge in [-0.1, -0.05) is 44.7 Å². The summed E-state index contributed by atoms with van der Waals surface area (Å²) in [7, 11) is 0. The monoisotopic (exact) mass is 523 g/mol. The molecule has 2 amide bonds. The van der Waals surface area contributed by atoms with Crippen LogP contribution in [0.25, 0.3) is 0 Å². The predicted molar refractivity (Wildman–Crippen MR) is 153 cm³/mol. The second-order valence-electron chi connectivity index (χ2n) is 10.5. The largest absolute Gasteiger partial charge is 0.383 e. The van der Waals surface area contributed by atoms with Crippen LogP contribution in [0.5, 0.6) is 0 Å². The number of nitrogens with two attached hydrogens (primary N) is 1. The molecule has 3 aromatic rings. The summed E-state index contributed by atoms with van der Waals surface area (Å²) >= 11 is 0. The molecule has 1 saturated carbocycles. The molecule has 0 spiro atoms. The van der Waals surface area contributed by atoms with E-state index in [1.54, 1.807) is 24.3 Å². The summed E-state index contributed by atoms with van der Waals surface area (Å²) in [6, 6.07) is 14.7. The summed E-state index contributed by atoms with van der Waals surface area (Å²) in [4.78, 5) is 35.5. The van der Waals surface area contributed by atoms with E-state index in [4.69, 9.17) is 11.1 Å². The summed E-state index contributed by atoms with van der Waals surface area (Å²) in [6.45, 7) is 8.58. The van der Waals surface area contributed by atoms with Crippen molar-refractivity contribution in [2.24, 2.45) is 5.92 Å². The Bertz CT molecular complexity index is 1430. The van der Waals surface area contributed by atoms with Gasteiger partial charge in [0.25, 0.3) is 5.91 Å². The van der Waals surface area contributed by atoms with Crippen LogP contribution in [0.2, 0.25) is 0 Å². The molecule has 5 rings (SSSR count). The first-order chi connectivity index (χ1) is 18.7. The Balaban J connectivity index is 1.32. The molecule has 200 valence electrons. The van der Waals surface area contributed by atoms with Crippen molar-refractivity contribution in [1.29, 1.82) is 5.41 Å². The Morgan fingerprint density at radius 3 is 2.56 bits per heavy atom. The van der Waals surface area contributed by atoms with Crippen molar-refractivity contribution in [3.8, 4) is 0 Å². The zero-order valence-corrected chi connectivity index (χ0v) is 22.1. The van der Waals surface area contributed by atoms with Gasteiger partial charge in [0.05, 0.1) is 17.3 Å². The van der Waals surface area contributed by atoms with Crippen LogP contribution in [0.1, 0.15) is 59.7 Å². The van der Waals surface area contributed by atoms with Gasteiger partial charge in [-0.2, -0.15) is 0 Å². The normalized spacial score (nSPS) is 19.7. The number of nitrogen functional groups attached to an aromatic ring is 1. The fourth-order valence-corrected chi connectivity index (χ4v) is 5.59. The number of carbonyl (C=O) groups excluding carboxylic acids is 2. The van der Waals surface area contributed by atoms with Crippen molar-refractivity contribution in [1.82, 2.24) is 14.9 Å². The van der Waals surface area contributed by atoms with E-state index in [1.165, 1.54) is 12.4 Å². The van der Waals surface area contributed by atoms with Crippen LogP contribution in [-0.4, -0.2) is 51.0 Å². The fraction of sp³-hybridized carbons (Fsp3) is 0.300. The number of benzene rings is 2. The number of likely N-dealkylation sites (tertiary alicyclic amines) is 1. The van der Waals surface area contributed by atoms with Crippen molar-refractivity contribution in [2.45, 2.75) is 44.7 Å². The van der Waals surface area contributed by atoms with Gasteiger partial charge in [-0.15, -0.1) is 0 Å². The van der Waals surface area contributed by atoms with Crippen LogP contribution in [0.3, 0.4) is 0 Å². The van der Waals surface area contributed by atoms with Crippen molar-refractivity contribution in [3.63, 3.8) is 0 Å². The number of carbonyl (C=O) groups is 2. The molecule has 2 fully saturated rings. The average Bonchev–Trinajstić information content (AvgIpc) is 3.53. The molecule has 9 nitrogen and oxygen atoms in total. The maximum Gasteiger partial charge on any atom is 0.255 e. The smallest absolute Gasteiger partial charge is 0.255 e. The minimum Gasteiger partial charge on any atom is -0.383 e. The van der Waals surface area contributed by atoms with Gasteiger partial charge in [0.1, 0.15) is 18.0 Å². The van der Waals surface area contributed by atoms with E-state index in [2.05, 4.69) is 41.0 Å². The molecule has 3 unspecified atom stereocenters. The standard InChI is InChI=1S/C30H33N7O2/c1-4-25(38)37-15-18-12-23(24(37)13-18)36-29-26(28(32)33-16-34-29)27(31)19-8-10-20(11-9-19)30(39)35-22-7-5-6-21(14-22)17(2)3/h4-11,14,16-18,23-24,31H,1,12-13,15H2,2-3H3,(H,35,39)(H3,32,33,34,36). The maximum absolute atomic E-state index is 12.9. The van der Waals surface area contributed by atoms with Gasteiger partial charge in [-0.3, -0.25) is 15.0 Å². The van der Waals surface area contributed by atoms with Gasteiger partial charge >= 0.3 is 0 Å². The molecule has 9 heteroatoms. The second kappa shape index (κ2) is 10.7. The summed E-state index contributed by atoms with van der Waals surface area (Å²) in [5, 5.41) is 15.3. The second-order valence-corrected chi connectivity index (χ2v) is 10.5. The van der Waals surface area contributed by atoms with Crippen molar-refractivity contribution in [2.75, 3.05) is 22.9 Å². The number of piperidine rings is 1. The van der Waals surface area contributed by atoms with Gasteiger partial charge in [-0.25, -0.2) is 9.97 Å². The molecule has 1 saturated heterocycles. The first-order valence-corrected chi connectivity index (χ1v) is 13.2. The van der Waals surface area contributed by atoms with Gasteiger partial charge in [0.2, 0.25) is 5.91 Å². The van der Waals surface area contributed by atoms with E-state index in [0.29, 0.717) is 34.3 Å². The zero-order valence-electron chi connectivity index (χ0n) is 22.1. The Kier molecular flexibility index (Phi) is 7.15. The third-order valence-electron chi connectivity index (χ3n) is 7.64. The fourth-order valence-electron chi connectivity index (χ4n) is 5.59. The summed E-state index contributed by atoms with van der Waals surface area (Å²) < 4.78 is 0. The number of anilines is 3. The van der Waals surface area contributed by atoms with Crippen LogP contribution >= 0.6 is 0 Å². The topological polar surface area (TPSA) is 137 Å². The third kappa shape index (κ3) is 5.25. The molecule has 1 aromatic heterocycles. The molecule has 1 aliphatic heterocycles. The molecule has 0 radical (unpaired) electrons. The Hall–Kier alpha value is -4.53. The number of hydrogen-bond donors (Lipinski definition) is 4. The Morgan fingerprint density at radius 1 is 1.13 bits per heavy atom. The van der Waals surface area contributed by atoms with Crippen LogP contribution in [0.4, 0.5) is 17.3 Å². The van der Waals surface area contributed by atoms with Gasteiger partial charge < -0.3 is 21.3 Å². The lowest BCUT2D eigenvalue weighted by molar-refractivity contribution is -0.127. The number of nitrogens with one attached hydrogen (secondary N) is 3. The number of fused-ring (bicyclic) bond motifs is 2. The predicted octanol–water partition coefficient (Wildman–Crippen LogP) is 4.44. The minimum atomic E-state index is -0.228. The van der Waals surface area contributed by atoms with E-state index in [0.717, 1.165) is 30.6 Å². The SMILES string of the molecule is C=CC(=O)N1CC2CC(Nc3ncnc(N)c3C(=N)c3ccc(C(=O)Nc4cccc(C(C)C)c4)cc3)C1C2. The van der Waals surface area contributed by atoms with E-state index in [9.17, 15) is 9.59 Å². The van der Waals surface area contributed by atoms with Crippen molar-refractivity contribution < 1.29 is 9.59 Å². The van der Waals surface area contributed by atoms with Gasteiger partial charge in [0, 0.05) is 29.4 Å². The molecular formula is C30H33N7O2. The molecule has 5 N–H and O–H groups in total.